The number of carbonyl (C=O) groups is 1. The van der Waals surface area contributed by atoms with Crippen LogP contribution < -0.4 is 14.8 Å². The number of aromatic nitrogens is 2. The largest absolute Gasteiger partial charge is 0.497 e. The molecule has 2 amide bonds. The summed E-state index contributed by atoms with van der Waals surface area (Å²) in [6, 6.07) is 5.09. The molecule has 120 valence electrons. The van der Waals surface area contributed by atoms with Gasteiger partial charge in [-0.25, -0.2) is 14.8 Å². The van der Waals surface area contributed by atoms with Crippen molar-refractivity contribution >= 4 is 11.7 Å². The summed E-state index contributed by atoms with van der Waals surface area (Å²) < 4.78 is 10.4. The SMILES string of the molecule is COc1cc(NC(=O)N2CCc3ncncc3C2)cc(OC)c1. The van der Waals surface area contributed by atoms with E-state index in [0.717, 1.165) is 17.7 Å². The van der Waals surface area contributed by atoms with E-state index in [0.29, 0.717) is 30.3 Å². The number of fused-ring (bicyclic) bond motifs is 1. The van der Waals surface area contributed by atoms with Gasteiger partial charge in [0.25, 0.3) is 0 Å². The monoisotopic (exact) mass is 314 g/mol. The zero-order valence-electron chi connectivity index (χ0n) is 13.1. The molecule has 0 spiro atoms. The lowest BCUT2D eigenvalue weighted by molar-refractivity contribution is 0.206. The standard InChI is InChI=1S/C16H18N4O3/c1-22-13-5-12(6-14(7-13)23-2)19-16(21)20-4-3-15-11(9-20)8-17-10-18-15/h5-8,10H,3-4,9H2,1-2H3,(H,19,21). The maximum Gasteiger partial charge on any atom is 0.322 e. The maximum atomic E-state index is 12.5. The maximum absolute atomic E-state index is 12.5. The van der Waals surface area contributed by atoms with E-state index in [9.17, 15) is 4.79 Å². The molecule has 0 saturated heterocycles. The smallest absolute Gasteiger partial charge is 0.322 e. The van der Waals surface area contributed by atoms with E-state index in [-0.39, 0.29) is 6.03 Å². The molecule has 0 atom stereocenters. The average molecular weight is 314 g/mol. The van der Waals surface area contributed by atoms with Gasteiger partial charge in [0.1, 0.15) is 17.8 Å². The molecule has 1 aromatic carbocycles. The molecule has 0 unspecified atom stereocenters. The number of rotatable bonds is 3. The summed E-state index contributed by atoms with van der Waals surface area (Å²) in [5, 5.41) is 2.88. The molecule has 1 aromatic heterocycles. The van der Waals surface area contributed by atoms with Crippen LogP contribution in [0.3, 0.4) is 0 Å². The summed E-state index contributed by atoms with van der Waals surface area (Å²) in [4.78, 5) is 22.5. The summed E-state index contributed by atoms with van der Waals surface area (Å²) in [6.07, 6.45) is 4.03. The molecule has 1 aliphatic heterocycles. The third kappa shape index (κ3) is 3.33. The van der Waals surface area contributed by atoms with Gasteiger partial charge in [-0.1, -0.05) is 0 Å². The topological polar surface area (TPSA) is 76.6 Å². The molecular weight excluding hydrogens is 296 g/mol. The Balaban J connectivity index is 1.73. The lowest BCUT2D eigenvalue weighted by Gasteiger charge is -2.28. The Bertz CT molecular complexity index is 698. The number of amides is 2. The van der Waals surface area contributed by atoms with Crippen LogP contribution in [0.5, 0.6) is 11.5 Å². The predicted molar refractivity (Wildman–Crippen MR) is 84.7 cm³/mol. The van der Waals surface area contributed by atoms with Gasteiger partial charge in [-0.2, -0.15) is 0 Å². The van der Waals surface area contributed by atoms with E-state index in [1.807, 2.05) is 0 Å². The molecule has 1 N–H and O–H groups in total. The molecule has 0 fully saturated rings. The molecule has 2 aromatic rings. The number of methoxy groups -OCH3 is 2. The molecule has 1 aliphatic rings. The average Bonchev–Trinajstić information content (AvgIpc) is 2.60. The number of carbonyl (C=O) groups excluding carboxylic acids is 1. The first kappa shape index (κ1) is 15.1. The summed E-state index contributed by atoms with van der Waals surface area (Å²) in [5.41, 5.74) is 2.62. The van der Waals surface area contributed by atoms with E-state index in [2.05, 4.69) is 15.3 Å². The van der Waals surface area contributed by atoms with Gasteiger partial charge in [0.05, 0.1) is 26.5 Å². The summed E-state index contributed by atoms with van der Waals surface area (Å²) in [7, 11) is 3.14. The fraction of sp³-hybridized carbons (Fsp3) is 0.312. The highest BCUT2D eigenvalue weighted by Crippen LogP contribution is 2.26. The second-order valence-electron chi connectivity index (χ2n) is 5.20. The van der Waals surface area contributed by atoms with Crippen LogP contribution in [0.25, 0.3) is 0 Å². The Morgan fingerprint density at radius 3 is 2.65 bits per heavy atom. The highest BCUT2D eigenvalue weighted by molar-refractivity contribution is 5.90. The van der Waals surface area contributed by atoms with Crippen LogP contribution in [0, 0.1) is 0 Å². The molecule has 23 heavy (non-hydrogen) atoms. The molecule has 0 aliphatic carbocycles. The number of ether oxygens (including phenoxy) is 2. The van der Waals surface area contributed by atoms with Crippen molar-refractivity contribution < 1.29 is 14.3 Å². The molecular formula is C16H18N4O3. The van der Waals surface area contributed by atoms with E-state index >= 15 is 0 Å². The van der Waals surface area contributed by atoms with Crippen molar-refractivity contribution in [3.8, 4) is 11.5 Å². The van der Waals surface area contributed by atoms with Crippen molar-refractivity contribution in [3.63, 3.8) is 0 Å². The first-order chi connectivity index (χ1) is 11.2. The van der Waals surface area contributed by atoms with Gasteiger partial charge < -0.3 is 19.7 Å². The van der Waals surface area contributed by atoms with Crippen LogP contribution in [0.2, 0.25) is 0 Å². The zero-order valence-corrected chi connectivity index (χ0v) is 13.1. The second-order valence-corrected chi connectivity index (χ2v) is 5.20. The van der Waals surface area contributed by atoms with Crippen LogP contribution in [0.1, 0.15) is 11.3 Å². The van der Waals surface area contributed by atoms with E-state index in [1.54, 1.807) is 43.5 Å². The number of nitrogens with one attached hydrogen (secondary N) is 1. The van der Waals surface area contributed by atoms with E-state index in [4.69, 9.17) is 9.47 Å². The van der Waals surface area contributed by atoms with Crippen LogP contribution in [-0.2, 0) is 13.0 Å². The lowest BCUT2D eigenvalue weighted by atomic mass is 10.1. The van der Waals surface area contributed by atoms with Gasteiger partial charge >= 0.3 is 6.03 Å². The molecule has 0 bridgehead atoms. The van der Waals surface area contributed by atoms with Crippen molar-refractivity contribution in [1.29, 1.82) is 0 Å². The number of urea groups is 1. The van der Waals surface area contributed by atoms with Crippen molar-refractivity contribution in [3.05, 3.63) is 42.0 Å². The summed E-state index contributed by atoms with van der Waals surface area (Å²) in [6.45, 7) is 1.13. The van der Waals surface area contributed by atoms with Crippen molar-refractivity contribution in [2.75, 3.05) is 26.1 Å². The Labute approximate surface area is 134 Å². The minimum atomic E-state index is -0.171. The van der Waals surface area contributed by atoms with Gasteiger partial charge in [-0.15, -0.1) is 0 Å². The van der Waals surface area contributed by atoms with Crippen LogP contribution in [0.15, 0.2) is 30.7 Å². The minimum Gasteiger partial charge on any atom is -0.497 e. The summed E-state index contributed by atoms with van der Waals surface area (Å²) in [5.74, 6) is 1.24. The first-order valence-electron chi connectivity index (χ1n) is 7.26. The third-order valence-electron chi connectivity index (χ3n) is 3.75. The molecule has 7 nitrogen and oxygen atoms in total. The van der Waals surface area contributed by atoms with Gasteiger partial charge in [0.15, 0.2) is 0 Å². The Morgan fingerprint density at radius 1 is 1.22 bits per heavy atom. The van der Waals surface area contributed by atoms with Crippen LogP contribution in [0.4, 0.5) is 10.5 Å². The number of benzene rings is 1. The molecule has 2 heterocycles. The van der Waals surface area contributed by atoms with E-state index in [1.165, 1.54) is 6.33 Å². The van der Waals surface area contributed by atoms with Crippen molar-refractivity contribution in [2.45, 2.75) is 13.0 Å². The predicted octanol–water partition coefficient (Wildman–Crippen LogP) is 2.08. The fourth-order valence-corrected chi connectivity index (χ4v) is 2.52. The fourth-order valence-electron chi connectivity index (χ4n) is 2.52. The van der Waals surface area contributed by atoms with Crippen LogP contribution >= 0.6 is 0 Å². The highest BCUT2D eigenvalue weighted by Gasteiger charge is 2.21. The molecule has 3 rings (SSSR count). The van der Waals surface area contributed by atoms with E-state index < -0.39 is 0 Å². The highest BCUT2D eigenvalue weighted by atomic mass is 16.5. The molecule has 0 saturated carbocycles. The number of anilines is 1. The normalized spacial score (nSPS) is 13.2. The summed E-state index contributed by atoms with van der Waals surface area (Å²) >= 11 is 0. The Hall–Kier alpha value is -2.83. The first-order valence-corrected chi connectivity index (χ1v) is 7.26. The molecule has 7 heteroatoms. The van der Waals surface area contributed by atoms with Gasteiger partial charge in [-0.3, -0.25) is 0 Å². The second kappa shape index (κ2) is 6.51. The number of nitrogens with zero attached hydrogens (tertiary/aromatic N) is 3. The van der Waals surface area contributed by atoms with Crippen molar-refractivity contribution in [1.82, 2.24) is 14.9 Å². The Morgan fingerprint density at radius 2 is 1.96 bits per heavy atom. The van der Waals surface area contributed by atoms with Gasteiger partial charge in [-0.05, 0) is 0 Å². The Kier molecular flexibility index (Phi) is 4.27. The number of hydrogen-bond donors (Lipinski definition) is 1. The third-order valence-corrected chi connectivity index (χ3v) is 3.75. The minimum absolute atomic E-state index is 0.171. The van der Waals surface area contributed by atoms with Crippen molar-refractivity contribution in [2.24, 2.45) is 0 Å². The van der Waals surface area contributed by atoms with Crippen LogP contribution in [-0.4, -0.2) is 41.7 Å². The van der Waals surface area contributed by atoms with Gasteiger partial charge in [0.2, 0.25) is 0 Å². The quantitative estimate of drug-likeness (QED) is 0.938. The zero-order chi connectivity index (χ0) is 16.2. The lowest BCUT2D eigenvalue weighted by Crippen LogP contribution is -2.39. The van der Waals surface area contributed by atoms with Gasteiger partial charge in [0, 0.05) is 48.6 Å². The number of hydrogen-bond acceptors (Lipinski definition) is 5. The molecule has 0 radical (unpaired) electrons.